The Kier molecular flexibility index (Phi) is 3.20. The molecule has 1 aromatic carbocycles. The van der Waals surface area contributed by atoms with Gasteiger partial charge in [-0.2, -0.15) is 0 Å². The van der Waals surface area contributed by atoms with Crippen LogP contribution in [0.15, 0.2) is 37.1 Å². The lowest BCUT2D eigenvalue weighted by atomic mass is 10.1. The highest BCUT2D eigenvalue weighted by molar-refractivity contribution is 5.73. The van der Waals surface area contributed by atoms with Crippen molar-refractivity contribution in [2.45, 2.75) is 6.42 Å². The van der Waals surface area contributed by atoms with Crippen LogP contribution in [0, 0.1) is 5.82 Å². The Morgan fingerprint density at radius 3 is 2.62 bits per heavy atom. The summed E-state index contributed by atoms with van der Waals surface area (Å²) in [6, 6.07) is 5.69. The van der Waals surface area contributed by atoms with Crippen molar-refractivity contribution in [3.05, 3.63) is 48.5 Å². The molecule has 0 saturated carbocycles. The molecule has 0 N–H and O–H groups in total. The fraction of sp³-hybridized carbons (Fsp3) is 0.100. The van der Waals surface area contributed by atoms with Crippen LogP contribution in [-0.2, 0) is 16.0 Å². The van der Waals surface area contributed by atoms with E-state index in [1.54, 1.807) is 12.1 Å². The second-order valence-corrected chi connectivity index (χ2v) is 2.46. The van der Waals surface area contributed by atoms with Gasteiger partial charge in [0.1, 0.15) is 5.82 Å². The normalized spacial score (nSPS) is 9.31. The van der Waals surface area contributed by atoms with E-state index in [9.17, 15) is 9.18 Å². The first-order valence-corrected chi connectivity index (χ1v) is 3.77. The third kappa shape index (κ3) is 3.07. The number of hydrogen-bond donors (Lipinski definition) is 0. The molecule has 0 aromatic heterocycles. The number of hydrogen-bond acceptors (Lipinski definition) is 2. The van der Waals surface area contributed by atoms with E-state index in [1.165, 1.54) is 12.1 Å². The molecule has 0 radical (unpaired) electrons. The van der Waals surface area contributed by atoms with E-state index in [2.05, 4.69) is 11.3 Å². The van der Waals surface area contributed by atoms with Crippen molar-refractivity contribution in [1.29, 1.82) is 0 Å². The zero-order chi connectivity index (χ0) is 9.68. The number of benzene rings is 1. The molecular weight excluding hydrogens is 171 g/mol. The molecule has 68 valence electrons. The van der Waals surface area contributed by atoms with Crippen molar-refractivity contribution < 1.29 is 13.9 Å². The summed E-state index contributed by atoms with van der Waals surface area (Å²) in [4.78, 5) is 10.9. The van der Waals surface area contributed by atoms with Crippen molar-refractivity contribution in [2.24, 2.45) is 0 Å². The summed E-state index contributed by atoms with van der Waals surface area (Å²) >= 11 is 0. The van der Waals surface area contributed by atoms with E-state index < -0.39 is 5.97 Å². The van der Waals surface area contributed by atoms with Gasteiger partial charge < -0.3 is 4.74 Å². The molecular formula is C10H9FO2. The van der Waals surface area contributed by atoms with Gasteiger partial charge in [-0.1, -0.05) is 18.7 Å². The number of carbonyl (C=O) groups is 1. The Labute approximate surface area is 75.6 Å². The van der Waals surface area contributed by atoms with Crippen LogP contribution in [0.4, 0.5) is 4.39 Å². The first-order valence-electron chi connectivity index (χ1n) is 3.77. The predicted octanol–water partition coefficient (Wildman–Crippen LogP) is 2.05. The smallest absolute Gasteiger partial charge is 0.315 e. The van der Waals surface area contributed by atoms with Crippen LogP contribution in [0.2, 0.25) is 0 Å². The van der Waals surface area contributed by atoms with E-state index in [4.69, 9.17) is 0 Å². The lowest BCUT2D eigenvalue weighted by Gasteiger charge is -1.98. The van der Waals surface area contributed by atoms with Crippen molar-refractivity contribution in [3.63, 3.8) is 0 Å². The molecule has 0 amide bonds. The van der Waals surface area contributed by atoms with Gasteiger partial charge in [-0.3, -0.25) is 4.79 Å². The molecule has 0 unspecified atom stereocenters. The van der Waals surface area contributed by atoms with Gasteiger partial charge in [-0.05, 0) is 17.7 Å². The second-order valence-electron chi connectivity index (χ2n) is 2.46. The fourth-order valence-electron chi connectivity index (χ4n) is 0.904. The van der Waals surface area contributed by atoms with Crippen LogP contribution in [-0.4, -0.2) is 5.97 Å². The van der Waals surface area contributed by atoms with Gasteiger partial charge in [0.25, 0.3) is 0 Å². The van der Waals surface area contributed by atoms with Crippen molar-refractivity contribution in [2.75, 3.05) is 0 Å². The second kappa shape index (κ2) is 4.40. The zero-order valence-electron chi connectivity index (χ0n) is 7.00. The predicted molar refractivity (Wildman–Crippen MR) is 46.4 cm³/mol. The lowest BCUT2D eigenvalue weighted by molar-refractivity contribution is -0.137. The monoisotopic (exact) mass is 180 g/mol. The third-order valence-electron chi connectivity index (χ3n) is 1.48. The van der Waals surface area contributed by atoms with Gasteiger partial charge >= 0.3 is 5.97 Å². The summed E-state index contributed by atoms with van der Waals surface area (Å²) in [5.74, 6) is -0.720. The van der Waals surface area contributed by atoms with Crippen LogP contribution >= 0.6 is 0 Å². The Bertz CT molecular complexity index is 303. The van der Waals surface area contributed by atoms with Gasteiger partial charge in [0.15, 0.2) is 0 Å². The van der Waals surface area contributed by atoms with E-state index in [-0.39, 0.29) is 12.2 Å². The van der Waals surface area contributed by atoms with Gasteiger partial charge in [-0.25, -0.2) is 4.39 Å². The number of ether oxygens (including phenoxy) is 1. The first kappa shape index (κ1) is 9.45. The Hall–Kier alpha value is -1.64. The lowest BCUT2D eigenvalue weighted by Crippen LogP contribution is -2.03. The highest BCUT2D eigenvalue weighted by Crippen LogP contribution is 2.04. The van der Waals surface area contributed by atoms with E-state index in [0.717, 1.165) is 6.26 Å². The highest BCUT2D eigenvalue weighted by Gasteiger charge is 2.02. The molecule has 3 heteroatoms. The van der Waals surface area contributed by atoms with Crippen LogP contribution in [0.1, 0.15) is 5.56 Å². The molecule has 13 heavy (non-hydrogen) atoms. The molecule has 0 atom stereocenters. The maximum absolute atomic E-state index is 12.4. The average molecular weight is 180 g/mol. The molecule has 0 fully saturated rings. The minimum absolute atomic E-state index is 0.131. The molecule has 0 saturated heterocycles. The summed E-state index contributed by atoms with van der Waals surface area (Å²) in [5, 5.41) is 0. The van der Waals surface area contributed by atoms with Crippen LogP contribution in [0.5, 0.6) is 0 Å². The molecule has 1 rings (SSSR count). The SMILES string of the molecule is C=COC(=O)Cc1ccc(F)cc1. The molecule has 0 spiro atoms. The van der Waals surface area contributed by atoms with Crippen molar-refractivity contribution in [3.8, 4) is 0 Å². The minimum atomic E-state index is -0.401. The summed E-state index contributed by atoms with van der Waals surface area (Å²) in [7, 11) is 0. The Morgan fingerprint density at radius 2 is 2.08 bits per heavy atom. The maximum atomic E-state index is 12.4. The largest absolute Gasteiger partial charge is 0.435 e. The maximum Gasteiger partial charge on any atom is 0.315 e. The zero-order valence-corrected chi connectivity index (χ0v) is 7.00. The van der Waals surface area contributed by atoms with Crippen molar-refractivity contribution >= 4 is 5.97 Å². The van der Waals surface area contributed by atoms with Gasteiger partial charge in [-0.15, -0.1) is 0 Å². The summed E-state index contributed by atoms with van der Waals surface area (Å²) in [6.45, 7) is 3.25. The average Bonchev–Trinajstić information content (AvgIpc) is 2.09. The molecule has 0 bridgehead atoms. The van der Waals surface area contributed by atoms with E-state index in [1.807, 2.05) is 0 Å². The fourth-order valence-corrected chi connectivity index (χ4v) is 0.904. The standard InChI is InChI=1S/C10H9FO2/c1-2-13-10(12)7-8-3-5-9(11)6-4-8/h2-6H,1,7H2. The van der Waals surface area contributed by atoms with E-state index >= 15 is 0 Å². The Morgan fingerprint density at radius 1 is 1.46 bits per heavy atom. The van der Waals surface area contributed by atoms with Gasteiger partial charge in [0, 0.05) is 0 Å². The van der Waals surface area contributed by atoms with Gasteiger partial charge in [0.2, 0.25) is 0 Å². The van der Waals surface area contributed by atoms with E-state index in [0.29, 0.717) is 5.56 Å². The van der Waals surface area contributed by atoms with Crippen LogP contribution < -0.4 is 0 Å². The molecule has 0 aliphatic rings. The number of esters is 1. The first-order chi connectivity index (χ1) is 6.22. The minimum Gasteiger partial charge on any atom is -0.435 e. The molecule has 0 aliphatic heterocycles. The third-order valence-corrected chi connectivity index (χ3v) is 1.48. The summed E-state index contributed by atoms with van der Waals surface area (Å²) in [5.41, 5.74) is 0.716. The molecule has 1 aromatic rings. The van der Waals surface area contributed by atoms with Crippen molar-refractivity contribution in [1.82, 2.24) is 0 Å². The number of halogens is 1. The summed E-state index contributed by atoms with van der Waals surface area (Å²) < 4.78 is 16.9. The van der Waals surface area contributed by atoms with Crippen LogP contribution in [0.25, 0.3) is 0 Å². The Balaban J connectivity index is 2.59. The quantitative estimate of drug-likeness (QED) is 0.525. The molecule has 2 nitrogen and oxygen atoms in total. The molecule has 0 aliphatic carbocycles. The summed E-state index contributed by atoms with van der Waals surface area (Å²) in [6.07, 6.45) is 1.21. The van der Waals surface area contributed by atoms with Gasteiger partial charge in [0.05, 0.1) is 12.7 Å². The number of rotatable bonds is 3. The highest BCUT2D eigenvalue weighted by atomic mass is 19.1. The topological polar surface area (TPSA) is 26.3 Å². The van der Waals surface area contributed by atoms with Crippen LogP contribution in [0.3, 0.4) is 0 Å². The number of carbonyl (C=O) groups excluding carboxylic acids is 1. The molecule has 0 heterocycles.